The van der Waals surface area contributed by atoms with Crippen LogP contribution in [-0.2, 0) is 6.54 Å². The summed E-state index contributed by atoms with van der Waals surface area (Å²) in [4.78, 5) is 12.1. The maximum absolute atomic E-state index is 13.1. The van der Waals surface area contributed by atoms with Crippen LogP contribution in [0, 0.1) is 11.6 Å². The summed E-state index contributed by atoms with van der Waals surface area (Å²) < 4.78 is 27.5. The lowest BCUT2D eigenvalue weighted by Gasteiger charge is -2.05. The van der Waals surface area contributed by atoms with Crippen molar-refractivity contribution in [2.45, 2.75) is 13.5 Å². The smallest absolute Gasteiger partial charge is 0.212 e. The second kappa shape index (κ2) is 4.86. The molecular formula is C12H9ClF2N2O. The van der Waals surface area contributed by atoms with E-state index >= 15 is 0 Å². The molecule has 0 N–H and O–H groups in total. The third-order valence-corrected chi connectivity index (χ3v) is 2.71. The van der Waals surface area contributed by atoms with E-state index in [1.54, 1.807) is 6.92 Å². The number of hydrogen-bond acceptors (Lipinski definition) is 2. The van der Waals surface area contributed by atoms with Gasteiger partial charge in [-0.3, -0.25) is 9.48 Å². The molecule has 94 valence electrons. The van der Waals surface area contributed by atoms with Crippen molar-refractivity contribution in [3.05, 3.63) is 52.3 Å². The van der Waals surface area contributed by atoms with Crippen LogP contribution in [0.25, 0.3) is 0 Å². The van der Waals surface area contributed by atoms with Crippen LogP contribution >= 0.6 is 11.6 Å². The Morgan fingerprint density at radius 3 is 2.50 bits per heavy atom. The molecular weight excluding hydrogens is 262 g/mol. The zero-order valence-corrected chi connectivity index (χ0v) is 10.2. The van der Waals surface area contributed by atoms with Gasteiger partial charge in [0, 0.05) is 18.2 Å². The summed E-state index contributed by atoms with van der Waals surface area (Å²) in [5.74, 6) is -2.17. The second-order valence-electron chi connectivity index (χ2n) is 3.64. The Balaban J connectivity index is 2.50. The Labute approximate surface area is 107 Å². The van der Waals surface area contributed by atoms with Crippen molar-refractivity contribution in [3.63, 3.8) is 0 Å². The lowest BCUT2D eigenvalue weighted by atomic mass is 10.1. The molecule has 3 nitrogen and oxygen atoms in total. The SMILES string of the molecule is CCn1ncc(Cl)c1C(=O)c1cc(F)cc(F)c1. The summed E-state index contributed by atoms with van der Waals surface area (Å²) in [6, 6.07) is 2.64. The molecule has 0 radical (unpaired) electrons. The lowest BCUT2D eigenvalue weighted by Crippen LogP contribution is -2.11. The van der Waals surface area contributed by atoms with E-state index < -0.39 is 17.4 Å². The van der Waals surface area contributed by atoms with E-state index in [4.69, 9.17) is 11.6 Å². The highest BCUT2D eigenvalue weighted by atomic mass is 35.5. The van der Waals surface area contributed by atoms with Crippen molar-refractivity contribution in [1.29, 1.82) is 0 Å². The van der Waals surface area contributed by atoms with Gasteiger partial charge in [0.15, 0.2) is 0 Å². The zero-order chi connectivity index (χ0) is 13.3. The molecule has 2 rings (SSSR count). The summed E-state index contributed by atoms with van der Waals surface area (Å²) in [7, 11) is 0. The minimum atomic E-state index is -0.808. The van der Waals surface area contributed by atoms with Crippen molar-refractivity contribution >= 4 is 17.4 Å². The standard InChI is InChI=1S/C12H9ClF2N2O/c1-2-17-11(10(13)6-16-17)12(18)7-3-8(14)5-9(15)4-7/h3-6H,2H2,1H3. The Morgan fingerprint density at radius 2 is 1.94 bits per heavy atom. The van der Waals surface area contributed by atoms with Gasteiger partial charge in [-0.05, 0) is 19.1 Å². The second-order valence-corrected chi connectivity index (χ2v) is 4.05. The number of hydrogen-bond donors (Lipinski definition) is 0. The number of aryl methyl sites for hydroxylation is 1. The fraction of sp³-hybridized carbons (Fsp3) is 0.167. The van der Waals surface area contributed by atoms with E-state index in [9.17, 15) is 13.6 Å². The van der Waals surface area contributed by atoms with Crippen LogP contribution in [0.2, 0.25) is 5.02 Å². The first-order valence-electron chi connectivity index (χ1n) is 5.25. The number of carbonyl (C=O) groups excluding carboxylic acids is 1. The quantitative estimate of drug-likeness (QED) is 0.804. The van der Waals surface area contributed by atoms with E-state index in [0.29, 0.717) is 12.6 Å². The average molecular weight is 271 g/mol. The van der Waals surface area contributed by atoms with Gasteiger partial charge in [0.05, 0.1) is 11.2 Å². The largest absolute Gasteiger partial charge is 0.287 e. The van der Waals surface area contributed by atoms with E-state index in [1.807, 2.05) is 0 Å². The van der Waals surface area contributed by atoms with Gasteiger partial charge in [-0.1, -0.05) is 11.6 Å². The molecule has 6 heteroatoms. The number of nitrogens with zero attached hydrogens (tertiary/aromatic N) is 2. The minimum Gasteiger partial charge on any atom is -0.287 e. The van der Waals surface area contributed by atoms with E-state index in [2.05, 4.69) is 5.10 Å². The van der Waals surface area contributed by atoms with E-state index in [1.165, 1.54) is 10.9 Å². The number of aromatic nitrogens is 2. The summed E-state index contributed by atoms with van der Waals surface area (Å²) >= 11 is 5.86. The molecule has 1 aromatic heterocycles. The van der Waals surface area contributed by atoms with Gasteiger partial charge in [-0.25, -0.2) is 8.78 Å². The molecule has 0 fully saturated rings. The maximum atomic E-state index is 13.1. The van der Waals surface area contributed by atoms with Crippen molar-refractivity contribution in [2.24, 2.45) is 0 Å². The summed E-state index contributed by atoms with van der Waals surface area (Å²) in [5.41, 5.74) is 0.0359. The van der Waals surface area contributed by atoms with Gasteiger partial charge in [0.2, 0.25) is 5.78 Å². The monoisotopic (exact) mass is 270 g/mol. The first-order chi connectivity index (χ1) is 8.52. The van der Waals surface area contributed by atoms with Crippen molar-refractivity contribution in [3.8, 4) is 0 Å². The van der Waals surface area contributed by atoms with E-state index in [-0.39, 0.29) is 16.3 Å². The first kappa shape index (κ1) is 12.7. The van der Waals surface area contributed by atoms with Crippen molar-refractivity contribution in [1.82, 2.24) is 9.78 Å². The molecule has 1 aromatic carbocycles. The van der Waals surface area contributed by atoms with Crippen LogP contribution in [0.5, 0.6) is 0 Å². The average Bonchev–Trinajstić information content (AvgIpc) is 2.68. The highest BCUT2D eigenvalue weighted by Crippen LogP contribution is 2.20. The summed E-state index contributed by atoms with van der Waals surface area (Å²) in [5, 5.41) is 4.06. The predicted octanol–water partition coefficient (Wildman–Crippen LogP) is 3.07. The number of halogens is 3. The Hall–Kier alpha value is -1.75. The molecule has 0 aliphatic rings. The molecule has 0 aliphatic heterocycles. The van der Waals surface area contributed by atoms with Gasteiger partial charge in [0.25, 0.3) is 0 Å². The van der Waals surface area contributed by atoms with Gasteiger partial charge in [-0.15, -0.1) is 0 Å². The van der Waals surface area contributed by atoms with Crippen molar-refractivity contribution in [2.75, 3.05) is 0 Å². The van der Waals surface area contributed by atoms with Crippen LogP contribution < -0.4 is 0 Å². The molecule has 0 bridgehead atoms. The molecule has 18 heavy (non-hydrogen) atoms. The molecule has 0 aliphatic carbocycles. The van der Waals surface area contributed by atoms with Gasteiger partial charge >= 0.3 is 0 Å². The third-order valence-electron chi connectivity index (χ3n) is 2.43. The highest BCUT2D eigenvalue weighted by molar-refractivity contribution is 6.34. The molecule has 0 amide bonds. The third kappa shape index (κ3) is 2.26. The van der Waals surface area contributed by atoms with Crippen molar-refractivity contribution < 1.29 is 13.6 Å². The molecule has 2 aromatic rings. The Morgan fingerprint density at radius 1 is 1.33 bits per heavy atom. The normalized spacial score (nSPS) is 10.7. The number of benzene rings is 1. The minimum absolute atomic E-state index is 0.0930. The predicted molar refractivity (Wildman–Crippen MR) is 62.7 cm³/mol. The summed E-state index contributed by atoms with van der Waals surface area (Å²) in [6.45, 7) is 2.22. The van der Waals surface area contributed by atoms with Gasteiger partial charge in [0.1, 0.15) is 17.3 Å². The van der Waals surface area contributed by atoms with Crippen LogP contribution in [0.15, 0.2) is 24.4 Å². The fourth-order valence-electron chi connectivity index (χ4n) is 1.65. The highest BCUT2D eigenvalue weighted by Gasteiger charge is 2.19. The molecule has 1 heterocycles. The van der Waals surface area contributed by atoms with Gasteiger partial charge < -0.3 is 0 Å². The first-order valence-corrected chi connectivity index (χ1v) is 5.62. The van der Waals surface area contributed by atoms with Gasteiger partial charge in [-0.2, -0.15) is 5.10 Å². The van der Waals surface area contributed by atoms with Crippen LogP contribution in [0.4, 0.5) is 8.78 Å². The van der Waals surface area contributed by atoms with Crippen LogP contribution in [-0.4, -0.2) is 15.6 Å². The topological polar surface area (TPSA) is 34.9 Å². The molecule has 0 saturated heterocycles. The fourth-order valence-corrected chi connectivity index (χ4v) is 1.88. The number of carbonyl (C=O) groups is 1. The lowest BCUT2D eigenvalue weighted by molar-refractivity contribution is 0.102. The Kier molecular flexibility index (Phi) is 3.43. The summed E-state index contributed by atoms with van der Waals surface area (Å²) in [6.07, 6.45) is 1.33. The van der Waals surface area contributed by atoms with Crippen LogP contribution in [0.3, 0.4) is 0 Å². The number of ketones is 1. The zero-order valence-electron chi connectivity index (χ0n) is 9.45. The molecule has 0 atom stereocenters. The van der Waals surface area contributed by atoms with Crippen LogP contribution in [0.1, 0.15) is 23.0 Å². The maximum Gasteiger partial charge on any atom is 0.212 e. The molecule has 0 saturated carbocycles. The molecule has 0 spiro atoms. The number of rotatable bonds is 3. The Bertz CT molecular complexity index is 590. The molecule has 0 unspecified atom stereocenters. The van der Waals surface area contributed by atoms with E-state index in [0.717, 1.165) is 12.1 Å².